The molecule has 152 valence electrons. The molecule has 1 saturated heterocycles. The molecule has 5 heteroatoms. The van der Waals surface area contributed by atoms with E-state index in [1.54, 1.807) is 24.3 Å². The first-order chi connectivity index (χ1) is 14.1. The van der Waals surface area contributed by atoms with Gasteiger partial charge in [0.05, 0.1) is 0 Å². The predicted octanol–water partition coefficient (Wildman–Crippen LogP) is 3.06. The van der Waals surface area contributed by atoms with Crippen LogP contribution >= 0.6 is 0 Å². The van der Waals surface area contributed by atoms with Crippen LogP contribution in [0.15, 0.2) is 60.7 Å². The van der Waals surface area contributed by atoms with Gasteiger partial charge in [0.15, 0.2) is 5.60 Å². The Bertz CT molecular complexity index is 854. The Kier molecular flexibility index (Phi) is 5.79. The van der Waals surface area contributed by atoms with Crippen LogP contribution in [0.2, 0.25) is 0 Å². The third kappa shape index (κ3) is 4.26. The fraction of sp³-hybridized carbons (Fsp3) is 0.417. The van der Waals surface area contributed by atoms with Gasteiger partial charge in [-0.15, -0.1) is 0 Å². The highest BCUT2D eigenvalue weighted by Gasteiger charge is 2.50. The van der Waals surface area contributed by atoms with Gasteiger partial charge in [0.2, 0.25) is 0 Å². The molecular formula is C24H27NO4. The van der Waals surface area contributed by atoms with Crippen molar-refractivity contribution in [2.45, 2.75) is 43.9 Å². The third-order valence-corrected chi connectivity index (χ3v) is 6.11. The molecule has 1 aliphatic carbocycles. The van der Waals surface area contributed by atoms with E-state index in [9.17, 15) is 14.7 Å². The summed E-state index contributed by atoms with van der Waals surface area (Å²) in [5.74, 6) is -0.978. The number of carbonyl (C=O) groups excluding carboxylic acids is 2. The first-order valence-corrected chi connectivity index (χ1v) is 10.3. The number of rotatable bonds is 6. The molecule has 1 unspecified atom stereocenters. The molecule has 1 saturated carbocycles. The number of esters is 1. The SMILES string of the molecule is O=C1CCC([C@](O)(C(=O)O[C@H]2CCN(Cc3ccccc3)C2)c2ccccc2)C1. The lowest BCUT2D eigenvalue weighted by molar-refractivity contribution is -0.178. The van der Waals surface area contributed by atoms with Crippen molar-refractivity contribution in [1.82, 2.24) is 4.90 Å². The second-order valence-corrected chi connectivity index (χ2v) is 8.15. The smallest absolute Gasteiger partial charge is 0.343 e. The van der Waals surface area contributed by atoms with Crippen molar-refractivity contribution in [2.75, 3.05) is 13.1 Å². The summed E-state index contributed by atoms with van der Waals surface area (Å²) in [6, 6.07) is 19.1. The predicted molar refractivity (Wildman–Crippen MR) is 109 cm³/mol. The zero-order valence-electron chi connectivity index (χ0n) is 16.5. The highest BCUT2D eigenvalue weighted by Crippen LogP contribution is 2.40. The molecule has 0 aromatic heterocycles. The minimum Gasteiger partial charge on any atom is -0.459 e. The van der Waals surface area contributed by atoms with Gasteiger partial charge >= 0.3 is 5.97 Å². The summed E-state index contributed by atoms with van der Waals surface area (Å²) in [6.07, 6.45) is 1.61. The number of aliphatic hydroxyl groups is 1. The molecule has 2 aromatic rings. The highest BCUT2D eigenvalue weighted by molar-refractivity contribution is 5.86. The van der Waals surface area contributed by atoms with Crippen molar-refractivity contribution in [3.05, 3.63) is 71.8 Å². The molecule has 3 atom stereocenters. The lowest BCUT2D eigenvalue weighted by atomic mass is 9.80. The minimum atomic E-state index is -1.78. The van der Waals surface area contributed by atoms with Gasteiger partial charge in [0, 0.05) is 38.4 Å². The van der Waals surface area contributed by atoms with Crippen molar-refractivity contribution >= 4 is 11.8 Å². The number of carbonyl (C=O) groups is 2. The van der Waals surface area contributed by atoms with Gasteiger partial charge < -0.3 is 9.84 Å². The van der Waals surface area contributed by atoms with Gasteiger partial charge in [-0.1, -0.05) is 60.7 Å². The molecule has 4 rings (SSSR count). The Balaban J connectivity index is 1.45. The third-order valence-electron chi connectivity index (χ3n) is 6.11. The Morgan fingerprint density at radius 1 is 1.07 bits per heavy atom. The van der Waals surface area contributed by atoms with E-state index in [1.165, 1.54) is 5.56 Å². The van der Waals surface area contributed by atoms with Gasteiger partial charge in [0.1, 0.15) is 11.9 Å². The number of hydrogen-bond donors (Lipinski definition) is 1. The maximum atomic E-state index is 13.2. The van der Waals surface area contributed by atoms with Crippen molar-refractivity contribution < 1.29 is 19.4 Å². The Morgan fingerprint density at radius 2 is 1.76 bits per heavy atom. The number of nitrogens with zero attached hydrogens (tertiary/aromatic N) is 1. The van der Waals surface area contributed by atoms with E-state index in [2.05, 4.69) is 17.0 Å². The number of ketones is 1. The van der Waals surface area contributed by atoms with E-state index in [0.717, 1.165) is 19.5 Å². The van der Waals surface area contributed by atoms with Crippen molar-refractivity contribution in [3.63, 3.8) is 0 Å². The molecule has 29 heavy (non-hydrogen) atoms. The van der Waals surface area contributed by atoms with Crippen LogP contribution in [0, 0.1) is 5.92 Å². The number of Topliss-reactive ketones (excluding diaryl/α,β-unsaturated/α-hetero) is 1. The van der Waals surface area contributed by atoms with Crippen LogP contribution in [0.5, 0.6) is 0 Å². The maximum Gasteiger partial charge on any atom is 0.343 e. The highest BCUT2D eigenvalue weighted by atomic mass is 16.6. The normalized spacial score (nSPS) is 24.4. The molecule has 2 fully saturated rings. The summed E-state index contributed by atoms with van der Waals surface area (Å²) in [5, 5.41) is 11.5. The molecular weight excluding hydrogens is 366 g/mol. The molecule has 2 aliphatic rings. The molecule has 1 aliphatic heterocycles. The molecule has 0 amide bonds. The van der Waals surface area contributed by atoms with E-state index in [4.69, 9.17) is 4.74 Å². The molecule has 5 nitrogen and oxygen atoms in total. The molecule has 1 heterocycles. The van der Waals surface area contributed by atoms with Crippen LogP contribution in [0.4, 0.5) is 0 Å². The average molecular weight is 393 g/mol. The van der Waals surface area contributed by atoms with E-state index in [-0.39, 0.29) is 18.3 Å². The largest absolute Gasteiger partial charge is 0.459 e. The second kappa shape index (κ2) is 8.47. The quantitative estimate of drug-likeness (QED) is 0.764. The van der Waals surface area contributed by atoms with Gasteiger partial charge in [-0.2, -0.15) is 0 Å². The van der Waals surface area contributed by atoms with Crippen molar-refractivity contribution in [1.29, 1.82) is 0 Å². The summed E-state index contributed by atoms with van der Waals surface area (Å²) >= 11 is 0. The fourth-order valence-electron chi connectivity index (χ4n) is 4.50. The van der Waals surface area contributed by atoms with Crippen LogP contribution in [-0.2, 0) is 26.5 Å². The molecule has 0 radical (unpaired) electrons. The van der Waals surface area contributed by atoms with Gasteiger partial charge in [-0.3, -0.25) is 9.69 Å². The number of benzene rings is 2. The zero-order chi connectivity index (χ0) is 20.3. The lowest BCUT2D eigenvalue weighted by Crippen LogP contribution is -2.45. The van der Waals surface area contributed by atoms with Crippen LogP contribution in [-0.4, -0.2) is 41.0 Å². The van der Waals surface area contributed by atoms with Gasteiger partial charge in [0.25, 0.3) is 0 Å². The lowest BCUT2D eigenvalue weighted by Gasteiger charge is -2.33. The van der Waals surface area contributed by atoms with Crippen LogP contribution in [0.25, 0.3) is 0 Å². The summed E-state index contributed by atoms with van der Waals surface area (Å²) in [7, 11) is 0. The van der Waals surface area contributed by atoms with Gasteiger partial charge in [-0.05, 0) is 24.0 Å². The molecule has 0 spiro atoms. The maximum absolute atomic E-state index is 13.2. The monoisotopic (exact) mass is 393 g/mol. The number of likely N-dealkylation sites (tertiary alicyclic amines) is 1. The van der Waals surface area contributed by atoms with E-state index in [1.807, 2.05) is 24.3 Å². The zero-order valence-corrected chi connectivity index (χ0v) is 16.5. The first kappa shape index (κ1) is 19.8. The van der Waals surface area contributed by atoms with E-state index in [0.29, 0.717) is 24.9 Å². The van der Waals surface area contributed by atoms with E-state index < -0.39 is 17.5 Å². The Morgan fingerprint density at radius 3 is 2.41 bits per heavy atom. The van der Waals surface area contributed by atoms with Crippen molar-refractivity contribution in [2.24, 2.45) is 5.92 Å². The second-order valence-electron chi connectivity index (χ2n) is 8.15. The first-order valence-electron chi connectivity index (χ1n) is 10.3. The van der Waals surface area contributed by atoms with Crippen LogP contribution in [0.1, 0.15) is 36.8 Å². The number of ether oxygens (including phenoxy) is 1. The topological polar surface area (TPSA) is 66.8 Å². The summed E-state index contributed by atoms with van der Waals surface area (Å²) in [5.41, 5.74) is -0.0473. The standard InChI is InChI=1S/C24H27NO4/c26-21-12-11-20(15-21)24(28,19-9-5-2-6-10-19)23(27)29-22-13-14-25(17-22)16-18-7-3-1-4-8-18/h1-10,20,22,28H,11-17H2/t20?,22-,24-/m0/s1. The summed E-state index contributed by atoms with van der Waals surface area (Å²) in [6.45, 7) is 2.31. The summed E-state index contributed by atoms with van der Waals surface area (Å²) < 4.78 is 5.80. The summed E-state index contributed by atoms with van der Waals surface area (Å²) in [4.78, 5) is 27.3. The average Bonchev–Trinajstić information content (AvgIpc) is 3.38. The van der Waals surface area contributed by atoms with Gasteiger partial charge in [-0.25, -0.2) is 4.79 Å². The molecule has 0 bridgehead atoms. The van der Waals surface area contributed by atoms with Crippen LogP contribution in [0.3, 0.4) is 0 Å². The minimum absolute atomic E-state index is 0.0899. The Labute approximate surface area is 171 Å². The fourth-order valence-corrected chi connectivity index (χ4v) is 4.50. The Hall–Kier alpha value is -2.50. The van der Waals surface area contributed by atoms with Crippen LogP contribution < -0.4 is 0 Å². The molecule has 1 N–H and O–H groups in total. The van der Waals surface area contributed by atoms with E-state index >= 15 is 0 Å². The molecule has 2 aromatic carbocycles. The van der Waals surface area contributed by atoms with Crippen molar-refractivity contribution in [3.8, 4) is 0 Å². The number of hydrogen-bond acceptors (Lipinski definition) is 5.